The number of hydrogen-bond acceptors (Lipinski definition) is 2. The highest BCUT2D eigenvalue weighted by Crippen LogP contribution is 2.42. The zero-order valence-corrected chi connectivity index (χ0v) is 12.6. The van der Waals surface area contributed by atoms with Crippen LogP contribution in [0.5, 0.6) is 0 Å². The summed E-state index contributed by atoms with van der Waals surface area (Å²) in [5.41, 5.74) is 1.53. The number of nitrogens with one attached hydrogen (secondary N) is 1. The van der Waals surface area contributed by atoms with E-state index >= 15 is 0 Å². The molecule has 0 unspecified atom stereocenters. The predicted octanol–water partition coefficient (Wildman–Crippen LogP) is 3.59. The van der Waals surface area contributed by atoms with Gasteiger partial charge < -0.3 is 5.32 Å². The average molecular weight is 280 g/mol. The first-order valence-electron chi connectivity index (χ1n) is 8.35. The largest absolute Gasteiger partial charge is 0.314 e. The Labute approximate surface area is 127 Å². The summed E-state index contributed by atoms with van der Waals surface area (Å²) in [5, 5.41) is 6.22. The summed E-state index contributed by atoms with van der Waals surface area (Å²) < 4.78 is 0. The van der Waals surface area contributed by atoms with E-state index in [4.69, 9.17) is 0 Å². The van der Waals surface area contributed by atoms with Crippen molar-refractivity contribution < 1.29 is 0 Å². The second kappa shape index (κ2) is 5.78. The fourth-order valence-electron chi connectivity index (χ4n) is 3.89. The molecular weight excluding hydrogens is 256 g/mol. The Kier molecular flexibility index (Phi) is 3.66. The van der Waals surface area contributed by atoms with Crippen LogP contribution >= 0.6 is 0 Å². The molecule has 0 aromatic heterocycles. The van der Waals surface area contributed by atoms with Crippen molar-refractivity contribution in [2.45, 2.75) is 25.3 Å². The lowest BCUT2D eigenvalue weighted by molar-refractivity contribution is 0.0838. The van der Waals surface area contributed by atoms with E-state index in [1.165, 1.54) is 48.7 Å². The first kappa shape index (κ1) is 13.3. The minimum atomic E-state index is 0.630. The molecule has 2 heteroatoms. The fraction of sp³-hybridized carbons (Fsp3) is 0.474. The van der Waals surface area contributed by atoms with E-state index in [1.807, 2.05) is 0 Å². The quantitative estimate of drug-likeness (QED) is 0.924. The third kappa shape index (κ3) is 2.58. The number of benzene rings is 2. The van der Waals surface area contributed by atoms with Gasteiger partial charge in [0.05, 0.1) is 0 Å². The molecule has 4 rings (SSSR count). The molecule has 1 heterocycles. The van der Waals surface area contributed by atoms with Gasteiger partial charge in [0.25, 0.3) is 0 Å². The van der Waals surface area contributed by atoms with Crippen molar-refractivity contribution in [1.29, 1.82) is 0 Å². The molecule has 2 fully saturated rings. The Balaban J connectivity index is 1.69. The van der Waals surface area contributed by atoms with Crippen LogP contribution in [-0.2, 0) is 0 Å². The van der Waals surface area contributed by atoms with Gasteiger partial charge in [0.1, 0.15) is 0 Å². The zero-order chi connectivity index (χ0) is 14.1. The van der Waals surface area contributed by atoms with Gasteiger partial charge in [-0.2, -0.15) is 0 Å². The van der Waals surface area contributed by atoms with E-state index in [0.29, 0.717) is 6.04 Å². The van der Waals surface area contributed by atoms with Gasteiger partial charge in [-0.1, -0.05) is 42.8 Å². The number of rotatable bonds is 3. The molecule has 0 spiro atoms. The van der Waals surface area contributed by atoms with Gasteiger partial charge in [-0.25, -0.2) is 0 Å². The molecule has 2 aromatic carbocycles. The van der Waals surface area contributed by atoms with Crippen LogP contribution in [0.4, 0.5) is 0 Å². The molecule has 1 saturated heterocycles. The SMILES string of the molecule is c1ccc2cc([C@@H](C3CCC3)N3CCNCC3)ccc2c1. The van der Waals surface area contributed by atoms with E-state index in [0.717, 1.165) is 19.0 Å². The summed E-state index contributed by atoms with van der Waals surface area (Å²) in [6.45, 7) is 4.65. The second-order valence-corrected chi connectivity index (χ2v) is 6.53. The maximum absolute atomic E-state index is 3.48. The van der Waals surface area contributed by atoms with E-state index in [2.05, 4.69) is 52.7 Å². The lowest BCUT2D eigenvalue weighted by atomic mass is 9.76. The molecule has 2 aromatic rings. The highest BCUT2D eigenvalue weighted by Gasteiger charge is 2.33. The van der Waals surface area contributed by atoms with Gasteiger partial charge in [0.2, 0.25) is 0 Å². The van der Waals surface area contributed by atoms with Crippen LogP contribution in [0, 0.1) is 5.92 Å². The zero-order valence-electron chi connectivity index (χ0n) is 12.6. The normalized spacial score (nSPS) is 22.1. The summed E-state index contributed by atoms with van der Waals surface area (Å²) in [5.74, 6) is 0.865. The van der Waals surface area contributed by atoms with Crippen molar-refractivity contribution >= 4 is 10.8 Å². The summed E-state index contributed by atoms with van der Waals surface area (Å²) in [4.78, 5) is 2.71. The van der Waals surface area contributed by atoms with Gasteiger partial charge in [-0.15, -0.1) is 0 Å². The molecule has 1 aliphatic carbocycles. The number of nitrogens with zero attached hydrogens (tertiary/aromatic N) is 1. The minimum absolute atomic E-state index is 0.630. The Hall–Kier alpha value is -1.38. The molecule has 1 saturated carbocycles. The van der Waals surface area contributed by atoms with Gasteiger partial charge in [-0.3, -0.25) is 4.90 Å². The van der Waals surface area contributed by atoms with Crippen molar-refractivity contribution in [1.82, 2.24) is 10.2 Å². The molecule has 1 atom stereocenters. The smallest absolute Gasteiger partial charge is 0.0377 e. The standard InChI is InChI=1S/C19H24N2/c1-2-5-17-14-18(9-8-15(17)4-1)19(16-6-3-7-16)21-12-10-20-11-13-21/h1-2,4-5,8-9,14,16,19-20H,3,6-7,10-13H2/t19-/m1/s1. The third-order valence-corrected chi connectivity index (χ3v) is 5.26. The van der Waals surface area contributed by atoms with Gasteiger partial charge >= 0.3 is 0 Å². The number of fused-ring (bicyclic) bond motifs is 1. The number of piperazine rings is 1. The summed E-state index contributed by atoms with van der Waals surface area (Å²) in [6.07, 6.45) is 4.23. The van der Waals surface area contributed by atoms with Gasteiger partial charge in [-0.05, 0) is 41.2 Å². The highest BCUT2D eigenvalue weighted by atomic mass is 15.2. The maximum Gasteiger partial charge on any atom is 0.0377 e. The molecule has 1 aliphatic heterocycles. The van der Waals surface area contributed by atoms with Crippen molar-refractivity contribution in [2.75, 3.05) is 26.2 Å². The minimum Gasteiger partial charge on any atom is -0.314 e. The number of hydrogen-bond donors (Lipinski definition) is 1. The Morgan fingerprint density at radius 1 is 0.952 bits per heavy atom. The molecule has 0 bridgehead atoms. The first-order valence-corrected chi connectivity index (χ1v) is 8.35. The van der Waals surface area contributed by atoms with Crippen LogP contribution in [0.1, 0.15) is 30.9 Å². The fourth-order valence-corrected chi connectivity index (χ4v) is 3.89. The van der Waals surface area contributed by atoms with Gasteiger partial charge in [0.15, 0.2) is 0 Å². The van der Waals surface area contributed by atoms with E-state index in [-0.39, 0.29) is 0 Å². The lowest BCUT2D eigenvalue weighted by Gasteiger charge is -2.43. The highest BCUT2D eigenvalue weighted by molar-refractivity contribution is 5.83. The van der Waals surface area contributed by atoms with Crippen LogP contribution in [0.15, 0.2) is 42.5 Å². The summed E-state index contributed by atoms with van der Waals surface area (Å²) in [6, 6.07) is 16.5. The molecular formula is C19H24N2. The lowest BCUT2D eigenvalue weighted by Crippen LogP contribution is -2.47. The summed E-state index contributed by atoms with van der Waals surface area (Å²) >= 11 is 0. The molecule has 0 radical (unpaired) electrons. The van der Waals surface area contributed by atoms with Crippen LogP contribution < -0.4 is 5.32 Å². The predicted molar refractivity (Wildman–Crippen MR) is 88.5 cm³/mol. The Bertz CT molecular complexity index is 612. The third-order valence-electron chi connectivity index (χ3n) is 5.26. The van der Waals surface area contributed by atoms with Gasteiger partial charge in [0, 0.05) is 32.2 Å². The van der Waals surface area contributed by atoms with E-state index in [9.17, 15) is 0 Å². The Morgan fingerprint density at radius 3 is 2.43 bits per heavy atom. The van der Waals surface area contributed by atoms with Crippen molar-refractivity contribution in [3.05, 3.63) is 48.0 Å². The topological polar surface area (TPSA) is 15.3 Å². The van der Waals surface area contributed by atoms with Crippen LogP contribution in [0.2, 0.25) is 0 Å². The summed E-state index contributed by atoms with van der Waals surface area (Å²) in [7, 11) is 0. The van der Waals surface area contributed by atoms with Crippen LogP contribution in [0.3, 0.4) is 0 Å². The Morgan fingerprint density at radius 2 is 1.71 bits per heavy atom. The van der Waals surface area contributed by atoms with Crippen molar-refractivity contribution in [3.8, 4) is 0 Å². The van der Waals surface area contributed by atoms with Crippen molar-refractivity contribution in [2.24, 2.45) is 5.92 Å². The molecule has 21 heavy (non-hydrogen) atoms. The van der Waals surface area contributed by atoms with E-state index < -0.39 is 0 Å². The first-order chi connectivity index (χ1) is 10.4. The monoisotopic (exact) mass is 280 g/mol. The molecule has 1 N–H and O–H groups in total. The molecule has 110 valence electrons. The molecule has 0 amide bonds. The van der Waals surface area contributed by atoms with Crippen molar-refractivity contribution in [3.63, 3.8) is 0 Å². The molecule has 2 aliphatic rings. The average Bonchev–Trinajstić information content (AvgIpc) is 2.51. The van der Waals surface area contributed by atoms with Crippen LogP contribution in [-0.4, -0.2) is 31.1 Å². The van der Waals surface area contributed by atoms with E-state index in [1.54, 1.807) is 0 Å². The maximum atomic E-state index is 3.48. The second-order valence-electron chi connectivity index (χ2n) is 6.53. The van der Waals surface area contributed by atoms with Crippen LogP contribution in [0.25, 0.3) is 10.8 Å². The molecule has 2 nitrogen and oxygen atoms in total.